The van der Waals surface area contributed by atoms with Crippen LogP contribution in [0.3, 0.4) is 0 Å². The van der Waals surface area contributed by atoms with Gasteiger partial charge < -0.3 is 24.6 Å². The second-order valence-corrected chi connectivity index (χ2v) is 8.32. The molecule has 0 unspecified atom stereocenters. The van der Waals surface area contributed by atoms with Gasteiger partial charge in [0, 0.05) is 18.4 Å². The van der Waals surface area contributed by atoms with Crippen molar-refractivity contribution in [1.29, 1.82) is 0 Å². The monoisotopic (exact) mass is 417 g/mol. The standard InChI is InChI=1S/C19H27BF3NO5/c1-18(2,19(3,4)26)9-28-20-10-6-13(27-5)15(14(7-10)29-17(22)23)16(25)24-12-8-11(12)21/h6-7,11-12,17,20,26H,8-9H2,1-5H3,(H,24,25)/t11-,12+/m0/s1. The Hall–Kier alpha value is -1.94. The fraction of sp³-hybridized carbons (Fsp3) is 0.632. The van der Waals surface area contributed by atoms with Crippen LogP contribution in [0, 0.1) is 5.41 Å². The lowest BCUT2D eigenvalue weighted by atomic mass is 9.77. The summed E-state index contributed by atoms with van der Waals surface area (Å²) in [6.07, 6.45) is -0.960. The molecule has 0 bridgehead atoms. The van der Waals surface area contributed by atoms with Gasteiger partial charge in [0.2, 0.25) is 0 Å². The molecule has 1 aliphatic rings. The maximum absolute atomic E-state index is 13.1. The minimum absolute atomic E-state index is 0.0112. The molecular formula is C19H27BF3NO5. The molecule has 2 atom stereocenters. The number of rotatable bonds is 10. The van der Waals surface area contributed by atoms with Crippen molar-refractivity contribution < 1.29 is 37.2 Å². The van der Waals surface area contributed by atoms with Crippen LogP contribution < -0.4 is 20.3 Å². The Morgan fingerprint density at radius 3 is 2.38 bits per heavy atom. The van der Waals surface area contributed by atoms with Gasteiger partial charge in [-0.15, -0.1) is 0 Å². The highest BCUT2D eigenvalue weighted by Crippen LogP contribution is 2.32. The third kappa shape index (κ3) is 6.02. The predicted octanol–water partition coefficient (Wildman–Crippen LogP) is 1.93. The van der Waals surface area contributed by atoms with Crippen LogP contribution in [0.5, 0.6) is 11.5 Å². The van der Waals surface area contributed by atoms with Gasteiger partial charge in [-0.3, -0.25) is 4.79 Å². The zero-order valence-corrected chi connectivity index (χ0v) is 17.2. The Morgan fingerprint density at radius 2 is 1.90 bits per heavy atom. The van der Waals surface area contributed by atoms with Crippen molar-refractivity contribution in [2.24, 2.45) is 5.41 Å². The van der Waals surface area contributed by atoms with Crippen LogP contribution >= 0.6 is 0 Å². The van der Waals surface area contributed by atoms with Crippen molar-refractivity contribution >= 4 is 18.9 Å². The van der Waals surface area contributed by atoms with Crippen LogP contribution in [0.2, 0.25) is 0 Å². The number of benzene rings is 1. The molecule has 0 radical (unpaired) electrons. The Kier molecular flexibility index (Phi) is 7.11. The summed E-state index contributed by atoms with van der Waals surface area (Å²) in [4.78, 5) is 12.4. The lowest BCUT2D eigenvalue weighted by Crippen LogP contribution is -2.43. The first-order valence-corrected chi connectivity index (χ1v) is 9.26. The highest BCUT2D eigenvalue weighted by atomic mass is 19.3. The van der Waals surface area contributed by atoms with Crippen molar-refractivity contribution in [2.45, 2.75) is 58.5 Å². The molecule has 1 amide bonds. The number of aliphatic hydroxyl groups is 1. The molecule has 1 aromatic rings. The second-order valence-electron chi connectivity index (χ2n) is 8.32. The van der Waals surface area contributed by atoms with Gasteiger partial charge in [-0.25, -0.2) is 4.39 Å². The molecule has 0 spiro atoms. The van der Waals surface area contributed by atoms with Gasteiger partial charge in [0.25, 0.3) is 5.91 Å². The molecule has 0 aromatic heterocycles. The summed E-state index contributed by atoms with van der Waals surface area (Å²) >= 11 is 0. The second kappa shape index (κ2) is 8.83. The first kappa shape index (κ1) is 23.3. The summed E-state index contributed by atoms with van der Waals surface area (Å²) in [6.45, 7) is 4.05. The zero-order valence-electron chi connectivity index (χ0n) is 17.2. The summed E-state index contributed by atoms with van der Waals surface area (Å²) in [5.41, 5.74) is -1.34. The third-order valence-electron chi connectivity index (χ3n) is 5.21. The van der Waals surface area contributed by atoms with Gasteiger partial charge >= 0.3 is 14.1 Å². The van der Waals surface area contributed by atoms with Crippen molar-refractivity contribution in [3.63, 3.8) is 0 Å². The van der Waals surface area contributed by atoms with Crippen molar-refractivity contribution in [3.8, 4) is 11.5 Å². The van der Waals surface area contributed by atoms with Gasteiger partial charge in [0.1, 0.15) is 23.2 Å². The highest BCUT2D eigenvalue weighted by molar-refractivity contribution is 6.47. The van der Waals surface area contributed by atoms with Crippen molar-refractivity contribution in [2.75, 3.05) is 13.7 Å². The number of ether oxygens (including phenoxy) is 2. The van der Waals surface area contributed by atoms with E-state index in [1.54, 1.807) is 13.8 Å². The Bertz CT molecular complexity index is 739. The lowest BCUT2D eigenvalue weighted by molar-refractivity contribution is -0.0566. The quantitative estimate of drug-likeness (QED) is 0.569. The Balaban J connectivity index is 2.22. The van der Waals surface area contributed by atoms with E-state index in [0.29, 0.717) is 5.46 Å². The minimum atomic E-state index is -3.16. The number of carbonyl (C=O) groups excluding carboxylic acids is 1. The van der Waals surface area contributed by atoms with Crippen LogP contribution in [0.1, 0.15) is 44.5 Å². The van der Waals surface area contributed by atoms with E-state index in [1.165, 1.54) is 19.2 Å². The van der Waals surface area contributed by atoms with Crippen LogP contribution in [0.25, 0.3) is 0 Å². The molecule has 0 saturated heterocycles. The summed E-state index contributed by atoms with van der Waals surface area (Å²) < 4.78 is 54.2. The zero-order chi connectivity index (χ0) is 22.0. The number of alkyl halides is 3. The molecule has 0 aliphatic heterocycles. The number of amides is 1. The van der Waals surface area contributed by atoms with Gasteiger partial charge in [-0.05, 0) is 31.4 Å². The molecule has 1 aromatic carbocycles. The predicted molar refractivity (Wildman–Crippen MR) is 103 cm³/mol. The van der Waals surface area contributed by atoms with Gasteiger partial charge in [-0.1, -0.05) is 13.8 Å². The molecule has 6 nitrogen and oxygen atoms in total. The summed E-state index contributed by atoms with van der Waals surface area (Å²) in [5.74, 6) is -1.12. The molecule has 162 valence electrons. The van der Waals surface area contributed by atoms with Gasteiger partial charge in [0.05, 0.1) is 18.8 Å². The number of nitrogens with one attached hydrogen (secondary N) is 1. The smallest absolute Gasteiger partial charge is 0.387 e. The highest BCUT2D eigenvalue weighted by Gasteiger charge is 2.40. The van der Waals surface area contributed by atoms with Gasteiger partial charge in [0.15, 0.2) is 0 Å². The first-order valence-electron chi connectivity index (χ1n) is 9.26. The van der Waals surface area contributed by atoms with Crippen LogP contribution in [0.4, 0.5) is 13.2 Å². The van der Waals surface area contributed by atoms with E-state index in [4.69, 9.17) is 9.39 Å². The summed E-state index contributed by atoms with van der Waals surface area (Å²) in [7, 11) is 1.31. The van der Waals surface area contributed by atoms with Crippen LogP contribution in [-0.2, 0) is 4.65 Å². The van der Waals surface area contributed by atoms with Gasteiger partial charge in [-0.2, -0.15) is 8.78 Å². The molecule has 2 rings (SSSR count). The van der Waals surface area contributed by atoms with E-state index in [2.05, 4.69) is 10.1 Å². The minimum Gasteiger partial charge on any atom is -0.496 e. The van der Waals surface area contributed by atoms with E-state index in [0.717, 1.165) is 0 Å². The Labute approximate surface area is 169 Å². The molecular weight excluding hydrogens is 390 g/mol. The average molecular weight is 417 g/mol. The fourth-order valence-electron chi connectivity index (χ4n) is 2.46. The summed E-state index contributed by atoms with van der Waals surface area (Å²) in [5, 5.41) is 12.6. The van der Waals surface area contributed by atoms with E-state index >= 15 is 0 Å². The maximum Gasteiger partial charge on any atom is 0.387 e. The third-order valence-corrected chi connectivity index (χ3v) is 5.21. The Morgan fingerprint density at radius 1 is 1.31 bits per heavy atom. The van der Waals surface area contributed by atoms with Crippen LogP contribution in [-0.4, -0.2) is 56.6 Å². The average Bonchev–Trinajstić information content (AvgIpc) is 3.26. The normalized spacial score (nSPS) is 19.1. The molecule has 1 fully saturated rings. The molecule has 1 saturated carbocycles. The first-order chi connectivity index (χ1) is 13.4. The topological polar surface area (TPSA) is 77.0 Å². The molecule has 0 heterocycles. The maximum atomic E-state index is 13.1. The van der Waals surface area contributed by atoms with E-state index < -0.39 is 35.7 Å². The number of methoxy groups -OCH3 is 1. The lowest BCUT2D eigenvalue weighted by Gasteiger charge is -2.37. The van der Waals surface area contributed by atoms with E-state index in [1.807, 2.05) is 13.8 Å². The summed E-state index contributed by atoms with van der Waals surface area (Å²) in [6, 6.07) is 2.10. The molecule has 1 aliphatic carbocycles. The van der Waals surface area contributed by atoms with E-state index in [-0.39, 0.29) is 37.6 Å². The molecule has 10 heteroatoms. The number of hydrogen-bond donors (Lipinski definition) is 2. The van der Waals surface area contributed by atoms with Crippen molar-refractivity contribution in [1.82, 2.24) is 5.32 Å². The van der Waals surface area contributed by atoms with E-state index in [9.17, 15) is 23.1 Å². The SMILES string of the molecule is COc1cc(BOCC(C)(C)C(C)(C)O)cc(OC(F)F)c1C(=O)N[C@@H]1C[C@@H]1F. The number of halogens is 3. The van der Waals surface area contributed by atoms with Crippen LogP contribution in [0.15, 0.2) is 12.1 Å². The number of hydrogen-bond acceptors (Lipinski definition) is 5. The molecule has 2 N–H and O–H groups in total. The fourth-order valence-corrected chi connectivity index (χ4v) is 2.46. The molecule has 29 heavy (non-hydrogen) atoms. The van der Waals surface area contributed by atoms with Crippen molar-refractivity contribution in [3.05, 3.63) is 17.7 Å². The largest absolute Gasteiger partial charge is 0.496 e. The number of carbonyl (C=O) groups is 1.